The van der Waals surface area contributed by atoms with E-state index in [1.54, 1.807) is 6.07 Å². The number of nitrogens with zero attached hydrogens (tertiary/aromatic N) is 2. The van der Waals surface area contributed by atoms with Crippen LogP contribution in [0.4, 0.5) is 5.82 Å². The Morgan fingerprint density at radius 3 is 2.24 bits per heavy atom. The summed E-state index contributed by atoms with van der Waals surface area (Å²) in [6.45, 7) is 8.05. The lowest BCUT2D eigenvalue weighted by Crippen LogP contribution is -2.04. The molecular weight excluding hydrogens is 286 g/mol. The van der Waals surface area contributed by atoms with Gasteiger partial charge in [0.25, 0.3) is 0 Å². The number of nitrogens with one attached hydrogen (secondary N) is 1. The van der Waals surface area contributed by atoms with Gasteiger partial charge in [-0.3, -0.25) is 0 Å². The number of hydrogen-bond acceptors (Lipinski definition) is 4. The van der Waals surface area contributed by atoms with Gasteiger partial charge in [0.05, 0.1) is 0 Å². The van der Waals surface area contributed by atoms with Crippen LogP contribution in [0, 0.1) is 13.8 Å². The minimum Gasteiger partial charge on any atom is -0.438 e. The zero-order valence-electron chi connectivity index (χ0n) is 13.0. The Morgan fingerprint density at radius 1 is 1.10 bits per heavy atom. The van der Waals surface area contributed by atoms with Crippen LogP contribution in [-0.4, -0.2) is 17.0 Å². The van der Waals surface area contributed by atoms with E-state index in [1.807, 2.05) is 33.0 Å². The van der Waals surface area contributed by atoms with Crippen molar-refractivity contribution in [3.05, 3.63) is 40.2 Å². The molecule has 0 radical (unpaired) electrons. The van der Waals surface area contributed by atoms with Gasteiger partial charge in [0.15, 0.2) is 0 Å². The Balaban J connectivity index is 2.42. The van der Waals surface area contributed by atoms with Crippen LogP contribution < -0.4 is 10.1 Å². The summed E-state index contributed by atoms with van der Waals surface area (Å²) >= 11 is 6.05. The lowest BCUT2D eigenvalue weighted by molar-refractivity contribution is 0.450. The van der Waals surface area contributed by atoms with Gasteiger partial charge in [-0.15, -0.1) is 0 Å². The minimum atomic E-state index is 0.230. The topological polar surface area (TPSA) is 47.0 Å². The van der Waals surface area contributed by atoms with Crippen molar-refractivity contribution in [3.8, 4) is 11.6 Å². The second-order valence-corrected chi connectivity index (χ2v) is 5.76. The highest BCUT2D eigenvalue weighted by atomic mass is 35.5. The van der Waals surface area contributed by atoms with Crippen LogP contribution >= 0.6 is 11.6 Å². The molecule has 0 aliphatic carbocycles. The molecule has 5 heteroatoms. The second-order valence-electron chi connectivity index (χ2n) is 5.33. The van der Waals surface area contributed by atoms with Crippen LogP contribution in [0.2, 0.25) is 5.02 Å². The molecule has 0 fully saturated rings. The number of benzene rings is 1. The lowest BCUT2D eigenvalue weighted by atomic mass is 10.1. The van der Waals surface area contributed by atoms with Crippen molar-refractivity contribution in [3.63, 3.8) is 0 Å². The molecule has 112 valence electrons. The SMILES string of the molecule is CNc1cc(Oc2c(C)cc(Cl)cc2C)nc(C(C)C)n1. The van der Waals surface area contributed by atoms with Crippen molar-refractivity contribution < 1.29 is 4.74 Å². The molecule has 0 bridgehead atoms. The van der Waals surface area contributed by atoms with Gasteiger partial charge >= 0.3 is 0 Å². The summed E-state index contributed by atoms with van der Waals surface area (Å²) in [4.78, 5) is 8.90. The summed E-state index contributed by atoms with van der Waals surface area (Å²) < 4.78 is 5.98. The quantitative estimate of drug-likeness (QED) is 0.889. The van der Waals surface area contributed by atoms with Crippen LogP contribution in [-0.2, 0) is 0 Å². The fourth-order valence-corrected chi connectivity index (χ4v) is 2.37. The van der Waals surface area contributed by atoms with Crippen molar-refractivity contribution in [1.29, 1.82) is 0 Å². The predicted molar refractivity (Wildman–Crippen MR) is 86.7 cm³/mol. The highest BCUT2D eigenvalue weighted by molar-refractivity contribution is 6.30. The maximum atomic E-state index is 6.05. The smallest absolute Gasteiger partial charge is 0.224 e. The summed E-state index contributed by atoms with van der Waals surface area (Å²) in [6.07, 6.45) is 0. The molecule has 0 aliphatic heterocycles. The average Bonchev–Trinajstić information content (AvgIpc) is 2.42. The monoisotopic (exact) mass is 305 g/mol. The zero-order valence-corrected chi connectivity index (χ0v) is 13.7. The van der Waals surface area contributed by atoms with E-state index in [9.17, 15) is 0 Å². The Labute approximate surface area is 130 Å². The third-order valence-electron chi connectivity index (χ3n) is 3.12. The fraction of sp³-hybridized carbons (Fsp3) is 0.375. The Bertz CT molecular complexity index is 633. The third-order valence-corrected chi connectivity index (χ3v) is 3.34. The van der Waals surface area contributed by atoms with Gasteiger partial charge in [-0.1, -0.05) is 25.4 Å². The molecule has 1 aromatic carbocycles. The number of hydrogen-bond donors (Lipinski definition) is 1. The first-order valence-corrected chi connectivity index (χ1v) is 7.30. The van der Waals surface area contributed by atoms with Crippen molar-refractivity contribution in [1.82, 2.24) is 9.97 Å². The van der Waals surface area contributed by atoms with Gasteiger partial charge in [0.1, 0.15) is 17.4 Å². The maximum Gasteiger partial charge on any atom is 0.224 e. The fourth-order valence-electron chi connectivity index (χ4n) is 2.04. The molecule has 0 saturated heterocycles. The summed E-state index contributed by atoms with van der Waals surface area (Å²) in [7, 11) is 1.83. The van der Waals surface area contributed by atoms with Gasteiger partial charge in [-0.25, -0.2) is 4.98 Å². The number of rotatable bonds is 4. The van der Waals surface area contributed by atoms with Crippen molar-refractivity contribution in [2.24, 2.45) is 0 Å². The van der Waals surface area contributed by atoms with Gasteiger partial charge in [-0.2, -0.15) is 4.98 Å². The number of ether oxygens (including phenoxy) is 1. The molecule has 1 N–H and O–H groups in total. The van der Waals surface area contributed by atoms with E-state index in [0.29, 0.717) is 10.9 Å². The molecule has 0 spiro atoms. The largest absolute Gasteiger partial charge is 0.438 e. The average molecular weight is 306 g/mol. The number of anilines is 1. The highest BCUT2D eigenvalue weighted by Gasteiger charge is 2.12. The molecular formula is C16H20ClN3O. The number of halogens is 1. The molecule has 0 atom stereocenters. The summed E-state index contributed by atoms with van der Waals surface area (Å²) in [6, 6.07) is 5.56. The summed E-state index contributed by atoms with van der Waals surface area (Å²) in [5.41, 5.74) is 1.96. The van der Waals surface area contributed by atoms with Crippen LogP contribution in [0.25, 0.3) is 0 Å². The van der Waals surface area contributed by atoms with E-state index in [2.05, 4.69) is 29.1 Å². The molecule has 0 aliphatic rings. The molecule has 0 amide bonds. The summed E-state index contributed by atoms with van der Waals surface area (Å²) in [5, 5.41) is 3.74. The van der Waals surface area contributed by atoms with Gasteiger partial charge < -0.3 is 10.1 Å². The van der Waals surface area contributed by atoms with E-state index in [-0.39, 0.29) is 5.92 Å². The van der Waals surface area contributed by atoms with Gasteiger partial charge in [0, 0.05) is 24.1 Å². The van der Waals surface area contributed by atoms with Crippen LogP contribution in [0.1, 0.15) is 36.7 Å². The second kappa shape index (κ2) is 6.31. The van der Waals surface area contributed by atoms with E-state index < -0.39 is 0 Å². The molecule has 1 aromatic heterocycles. The molecule has 2 aromatic rings. The van der Waals surface area contributed by atoms with E-state index in [4.69, 9.17) is 16.3 Å². The summed E-state index contributed by atoms with van der Waals surface area (Å²) in [5.74, 6) is 3.04. The van der Waals surface area contributed by atoms with Gasteiger partial charge in [-0.05, 0) is 37.1 Å². The van der Waals surface area contributed by atoms with E-state index in [1.165, 1.54) is 0 Å². The van der Waals surface area contributed by atoms with E-state index in [0.717, 1.165) is 28.5 Å². The Morgan fingerprint density at radius 2 is 1.71 bits per heavy atom. The number of aromatic nitrogens is 2. The Kier molecular flexibility index (Phi) is 4.68. The van der Waals surface area contributed by atoms with Crippen LogP contribution in [0.3, 0.4) is 0 Å². The van der Waals surface area contributed by atoms with Crippen molar-refractivity contribution in [2.75, 3.05) is 12.4 Å². The predicted octanol–water partition coefficient (Wildman–Crippen LogP) is 4.70. The standard InChI is InChI=1S/C16H20ClN3O/c1-9(2)16-19-13(18-5)8-14(20-16)21-15-10(3)6-12(17)7-11(15)4/h6-9H,1-5H3,(H,18,19,20). The maximum absolute atomic E-state index is 6.05. The highest BCUT2D eigenvalue weighted by Crippen LogP contribution is 2.31. The first kappa shape index (κ1) is 15.6. The molecule has 4 nitrogen and oxygen atoms in total. The lowest BCUT2D eigenvalue weighted by Gasteiger charge is -2.14. The van der Waals surface area contributed by atoms with Crippen molar-refractivity contribution >= 4 is 17.4 Å². The minimum absolute atomic E-state index is 0.230. The van der Waals surface area contributed by atoms with Crippen LogP contribution in [0.15, 0.2) is 18.2 Å². The zero-order chi connectivity index (χ0) is 15.6. The van der Waals surface area contributed by atoms with Crippen molar-refractivity contribution in [2.45, 2.75) is 33.6 Å². The third kappa shape index (κ3) is 3.64. The first-order valence-electron chi connectivity index (χ1n) is 6.92. The molecule has 0 saturated carbocycles. The van der Waals surface area contributed by atoms with Crippen LogP contribution in [0.5, 0.6) is 11.6 Å². The molecule has 0 unspecified atom stereocenters. The molecule has 2 rings (SSSR count). The number of aryl methyl sites for hydroxylation is 2. The normalized spacial score (nSPS) is 10.8. The molecule has 21 heavy (non-hydrogen) atoms. The van der Waals surface area contributed by atoms with E-state index >= 15 is 0 Å². The van der Waals surface area contributed by atoms with Gasteiger partial charge in [0.2, 0.25) is 5.88 Å². The Hall–Kier alpha value is -1.81. The first-order chi connectivity index (χ1) is 9.90. The molecule has 1 heterocycles.